The molecule has 14 rings (SSSR count). The van der Waals surface area contributed by atoms with Crippen LogP contribution in [0.25, 0.3) is 22.3 Å². The van der Waals surface area contributed by atoms with Crippen LogP contribution in [0.4, 0.5) is 0 Å². The molecule has 0 bridgehead atoms. The van der Waals surface area contributed by atoms with Crippen LogP contribution < -0.4 is 25.1 Å². The number of aryl methyl sites for hydroxylation is 12. The van der Waals surface area contributed by atoms with E-state index < -0.39 is 41.3 Å². The Bertz CT molecular complexity index is 4470. The van der Waals surface area contributed by atoms with Gasteiger partial charge in [0.2, 0.25) is 0 Å². The monoisotopic (exact) mass is 1360 g/mol. The fraction of sp³-hybridized carbons (Fsp3) is 0.371. The standard InChI is InChI=1S/C89H100Ge2O3/c1-50-38-54(5)79(55(6)39-50)90(80-56(7)40-51(2)41-57(80)8)88(71-46-62(83(13,14)15)26-30-66(71)67-31-27-63(47-72(67)88)84(16,17)18)70-36-37-87(92-25)78-76(35-34-75(93-90)77(70)78)94-91(81-58(9)42-52(3)43-59(81)10,82-60(11)44-53(4)45-61(82)12)89(87)73-48-64(85(19,20)21)28-32-68(73)69-33-29-65(49-74(69)89)86(22,23)24/h26-49,70H,1-25H3/t70-,87+/m0/s1. The van der Waals surface area contributed by atoms with E-state index in [0.29, 0.717) is 0 Å². The number of fused-ring (bicyclic) bond motifs is 12. The molecule has 0 amide bonds. The average molecular weight is 1360 g/mol. The molecule has 94 heavy (non-hydrogen) atoms. The summed E-state index contributed by atoms with van der Waals surface area (Å²) in [7, 11) is 2.06. The van der Waals surface area contributed by atoms with Gasteiger partial charge in [0.15, 0.2) is 0 Å². The number of hydrogen-bond donors (Lipinski definition) is 0. The van der Waals surface area contributed by atoms with Crippen molar-refractivity contribution in [3.8, 4) is 33.8 Å². The Balaban J connectivity index is 1.28. The van der Waals surface area contributed by atoms with E-state index in [9.17, 15) is 7.53 Å². The second kappa shape index (κ2) is 20.9. The van der Waals surface area contributed by atoms with Gasteiger partial charge in [0, 0.05) is 0 Å². The first kappa shape index (κ1) is 64.7. The van der Waals surface area contributed by atoms with Crippen LogP contribution in [0, 0.1) is 83.1 Å². The summed E-state index contributed by atoms with van der Waals surface area (Å²) < 4.78 is 30.7. The number of methoxy groups -OCH3 is 1. The van der Waals surface area contributed by atoms with Gasteiger partial charge in [-0.25, -0.2) is 0 Å². The van der Waals surface area contributed by atoms with E-state index in [1.807, 2.05) is 0 Å². The van der Waals surface area contributed by atoms with Crippen LogP contribution in [-0.4, -0.2) is 34.3 Å². The third-order valence-electron chi connectivity index (χ3n) is 23.2. The third-order valence-corrected chi connectivity index (χ3v) is 46.2. The van der Waals surface area contributed by atoms with Crippen molar-refractivity contribution >= 4 is 44.8 Å². The number of hydrogen-bond acceptors (Lipinski definition) is 3. The summed E-state index contributed by atoms with van der Waals surface area (Å²) in [6, 6.07) is 54.8. The Labute approximate surface area is 569 Å². The van der Waals surface area contributed by atoms with Gasteiger partial charge in [-0.2, -0.15) is 0 Å². The summed E-state index contributed by atoms with van der Waals surface area (Å²) >= 11 is -9.97. The van der Waals surface area contributed by atoms with Gasteiger partial charge < -0.3 is 0 Å². The van der Waals surface area contributed by atoms with E-state index in [1.54, 1.807) is 0 Å². The van der Waals surface area contributed by atoms with Crippen molar-refractivity contribution in [2.75, 3.05) is 7.11 Å². The molecule has 0 radical (unpaired) electrons. The van der Waals surface area contributed by atoms with Crippen molar-refractivity contribution in [2.45, 2.75) is 208 Å². The van der Waals surface area contributed by atoms with E-state index in [1.165, 1.54) is 157 Å². The molecular weight excluding hydrogens is 1260 g/mol. The zero-order chi connectivity index (χ0) is 67.6. The maximum absolute atomic E-state index is 9.32. The second-order valence-electron chi connectivity index (χ2n) is 33.9. The molecule has 3 aliphatic carbocycles. The molecule has 0 fully saturated rings. The number of ether oxygens (including phenoxy) is 1. The molecule has 0 aromatic heterocycles. The van der Waals surface area contributed by atoms with Crippen LogP contribution in [-0.2, 0) is 40.5 Å². The molecule has 5 aliphatic rings. The Hall–Kier alpha value is -6.63. The normalized spacial score (nSPS) is 18.9. The Morgan fingerprint density at radius 2 is 0.638 bits per heavy atom. The first-order valence-electron chi connectivity index (χ1n) is 34.7. The SMILES string of the molecule is CO[C@]12C=C[C@H]3c4c(ccc(c41)[O][Ge]([c]1c(C)cc(C)cc1C)([c]1c(C)cc(C)cc1C)[C]21c2cc(C(C)(C)C)ccc2-c2ccc(C(C)(C)C)cc21)[O][Ge]([c]1c(C)cc(C)cc1C)([c]1c(C)cc(C)cc1C)[C]31c2cc(C(C)(C)C)ccc2-c2ccc(C(C)(C)C)cc21. The molecule has 0 unspecified atom stereocenters. The van der Waals surface area contributed by atoms with Crippen molar-refractivity contribution in [2.24, 2.45) is 0 Å². The maximum atomic E-state index is 9.32. The predicted molar refractivity (Wildman–Crippen MR) is 401 cm³/mol. The minimum atomic E-state index is -5.06. The van der Waals surface area contributed by atoms with E-state index >= 15 is 0 Å². The molecule has 5 heteroatoms. The first-order chi connectivity index (χ1) is 43.9. The van der Waals surface area contributed by atoms with Crippen molar-refractivity contribution < 1.29 is 12.3 Å². The average Bonchev–Trinajstić information content (AvgIpc) is 1.22. The van der Waals surface area contributed by atoms with Gasteiger partial charge >= 0.3 is 574 Å². The molecule has 9 aromatic rings. The van der Waals surface area contributed by atoms with E-state index in [4.69, 9.17) is 4.74 Å². The van der Waals surface area contributed by atoms with E-state index in [-0.39, 0.29) is 27.6 Å². The number of allylic oxidation sites excluding steroid dienone is 1. The zero-order valence-corrected chi connectivity index (χ0v) is 65.4. The molecular formula is C89H100Ge2O3. The Kier molecular flexibility index (Phi) is 14.4. The van der Waals surface area contributed by atoms with Crippen LogP contribution in [0.1, 0.15) is 211 Å². The minimum absolute atomic E-state index is 0.168. The van der Waals surface area contributed by atoms with Crippen molar-refractivity contribution in [3.05, 3.63) is 268 Å². The summed E-state index contributed by atoms with van der Waals surface area (Å²) in [4.78, 5) is 0. The van der Waals surface area contributed by atoms with Gasteiger partial charge in [0.25, 0.3) is 0 Å². The molecule has 2 aliphatic heterocycles. The van der Waals surface area contributed by atoms with Gasteiger partial charge in [0.05, 0.1) is 0 Å². The summed E-state index contributed by atoms with van der Waals surface area (Å²) in [6.07, 6.45) is 5.46. The molecule has 0 N–H and O–H groups in total. The quantitative estimate of drug-likeness (QED) is 0.127. The van der Waals surface area contributed by atoms with Crippen LogP contribution >= 0.6 is 0 Å². The Morgan fingerprint density at radius 3 is 0.957 bits per heavy atom. The summed E-state index contributed by atoms with van der Waals surface area (Å²) in [6.45, 7) is 56.9. The van der Waals surface area contributed by atoms with Crippen LogP contribution in [0.2, 0.25) is 0 Å². The molecule has 3 nitrogen and oxygen atoms in total. The molecule has 482 valence electrons. The van der Waals surface area contributed by atoms with Gasteiger partial charge in [-0.15, -0.1) is 0 Å². The van der Waals surface area contributed by atoms with Gasteiger partial charge in [-0.3, -0.25) is 0 Å². The topological polar surface area (TPSA) is 27.7 Å². The first-order valence-corrected chi connectivity index (χ1v) is 42.7. The third kappa shape index (κ3) is 8.44. The van der Waals surface area contributed by atoms with E-state index in [2.05, 4.69) is 319 Å². The molecule has 0 saturated heterocycles. The molecule has 0 saturated carbocycles. The van der Waals surface area contributed by atoms with Crippen molar-refractivity contribution in [1.29, 1.82) is 0 Å². The molecule has 2 atom stereocenters. The predicted octanol–water partition coefficient (Wildman–Crippen LogP) is 19.4. The van der Waals surface area contributed by atoms with Crippen LogP contribution in [0.15, 0.2) is 146 Å². The molecule has 2 heterocycles. The van der Waals surface area contributed by atoms with Crippen LogP contribution in [0.3, 0.4) is 0 Å². The zero-order valence-electron chi connectivity index (χ0n) is 61.2. The molecule has 2 spiro atoms. The van der Waals surface area contributed by atoms with Gasteiger partial charge in [0.1, 0.15) is 0 Å². The van der Waals surface area contributed by atoms with Gasteiger partial charge in [-0.05, 0) is 0 Å². The van der Waals surface area contributed by atoms with Crippen LogP contribution in [0.5, 0.6) is 11.5 Å². The number of rotatable bonds is 5. The summed E-state index contributed by atoms with van der Waals surface area (Å²) in [5, 5.41) is 0. The number of benzene rings is 9. The van der Waals surface area contributed by atoms with Crippen molar-refractivity contribution in [1.82, 2.24) is 0 Å². The summed E-state index contributed by atoms with van der Waals surface area (Å²) in [5.41, 5.74) is 31.4. The Morgan fingerprint density at radius 1 is 0.351 bits per heavy atom. The van der Waals surface area contributed by atoms with Crippen molar-refractivity contribution in [3.63, 3.8) is 0 Å². The van der Waals surface area contributed by atoms with Gasteiger partial charge in [-0.1, -0.05) is 0 Å². The fourth-order valence-electron chi connectivity index (χ4n) is 20.0. The molecule has 9 aromatic carbocycles. The summed E-state index contributed by atoms with van der Waals surface area (Å²) in [5.74, 6) is 1.58. The van der Waals surface area contributed by atoms with E-state index in [0.717, 1.165) is 17.1 Å². The second-order valence-corrected chi connectivity index (χ2v) is 47.9. The fourth-order valence-corrected chi connectivity index (χ4v) is 46.6.